The Labute approximate surface area is 60.9 Å². The molecule has 0 aromatic heterocycles. The molecule has 3 heteroatoms. The van der Waals surface area contributed by atoms with Gasteiger partial charge in [0.25, 0.3) is 0 Å². The van der Waals surface area contributed by atoms with E-state index < -0.39 is 0 Å². The van der Waals surface area contributed by atoms with Gasteiger partial charge in [0.15, 0.2) is 0 Å². The van der Waals surface area contributed by atoms with Crippen molar-refractivity contribution in [3.63, 3.8) is 0 Å². The van der Waals surface area contributed by atoms with Crippen LogP contribution in [0.1, 0.15) is 13.8 Å². The maximum absolute atomic E-state index is 6.68. The smallest absolute Gasteiger partial charge is 0.135 e. The van der Waals surface area contributed by atoms with Crippen molar-refractivity contribution in [2.75, 3.05) is 7.11 Å². The van der Waals surface area contributed by atoms with E-state index in [0.717, 1.165) is 12.1 Å². The van der Waals surface area contributed by atoms with Gasteiger partial charge >= 0.3 is 0 Å². The number of ether oxygens (including phenoxy) is 1. The average molecular weight is 140 g/mol. The first-order valence-corrected chi connectivity index (χ1v) is 3.00. The van der Waals surface area contributed by atoms with Crippen LogP contribution < -0.4 is 0 Å². The van der Waals surface area contributed by atoms with E-state index in [0.29, 0.717) is 5.76 Å². The molecule has 0 aliphatic carbocycles. The highest BCUT2D eigenvalue weighted by molar-refractivity contribution is 5.99. The monoisotopic (exact) mass is 140 g/mol. The summed E-state index contributed by atoms with van der Waals surface area (Å²) < 4.78 is 4.94. The van der Waals surface area contributed by atoms with Crippen LogP contribution in [0.4, 0.5) is 0 Å². The number of aliphatic imine (C=N–C) groups is 1. The molecule has 56 valence electrons. The zero-order valence-electron chi connectivity index (χ0n) is 6.51. The molecule has 3 nitrogen and oxygen atoms in total. The molecule has 0 radical (unpaired) electrons. The molecule has 0 atom stereocenters. The number of rotatable bonds is 3. The first kappa shape index (κ1) is 8.88. The predicted molar refractivity (Wildman–Crippen MR) is 42.7 cm³/mol. The molecule has 0 aliphatic heterocycles. The second-order valence-electron chi connectivity index (χ2n) is 1.70. The van der Waals surface area contributed by atoms with Crippen molar-refractivity contribution in [1.29, 1.82) is 5.41 Å². The Morgan fingerprint density at radius 1 is 1.60 bits per heavy atom. The van der Waals surface area contributed by atoms with E-state index >= 15 is 0 Å². The fraction of sp³-hybridized carbons (Fsp3) is 0.429. The van der Waals surface area contributed by atoms with Crippen molar-refractivity contribution in [3.05, 3.63) is 11.8 Å². The van der Waals surface area contributed by atoms with E-state index in [4.69, 9.17) is 10.1 Å². The molecule has 0 saturated carbocycles. The van der Waals surface area contributed by atoms with Crippen LogP contribution in [0.3, 0.4) is 0 Å². The zero-order chi connectivity index (χ0) is 7.98. The second-order valence-corrected chi connectivity index (χ2v) is 1.70. The molecular weight excluding hydrogens is 128 g/mol. The maximum atomic E-state index is 6.68. The Hall–Kier alpha value is -1.12. The van der Waals surface area contributed by atoms with E-state index in [9.17, 15) is 0 Å². The molecule has 0 aliphatic rings. The van der Waals surface area contributed by atoms with Crippen LogP contribution in [-0.4, -0.2) is 19.2 Å². The van der Waals surface area contributed by atoms with Gasteiger partial charge in [-0.2, -0.15) is 0 Å². The first-order chi connectivity index (χ1) is 4.76. The number of methoxy groups -OCH3 is 1. The largest absolute Gasteiger partial charge is 0.495 e. The van der Waals surface area contributed by atoms with Crippen LogP contribution in [0.15, 0.2) is 16.8 Å². The molecule has 0 fully saturated rings. The summed E-state index contributed by atoms with van der Waals surface area (Å²) in [6.45, 7) is 3.66. The van der Waals surface area contributed by atoms with Crippen molar-refractivity contribution >= 4 is 12.1 Å². The molecule has 0 bridgehead atoms. The molecule has 0 aromatic rings. The van der Waals surface area contributed by atoms with Gasteiger partial charge in [0.2, 0.25) is 0 Å². The number of hydrogen-bond acceptors (Lipinski definition) is 2. The topological polar surface area (TPSA) is 45.4 Å². The molecule has 1 N–H and O–H groups in total. The molecule has 0 rings (SSSR count). The lowest BCUT2D eigenvalue weighted by molar-refractivity contribution is 0.314. The molecule has 10 heavy (non-hydrogen) atoms. The second kappa shape index (κ2) is 4.73. The highest BCUT2D eigenvalue weighted by atomic mass is 16.5. The van der Waals surface area contributed by atoms with Gasteiger partial charge in [-0.1, -0.05) is 0 Å². The summed E-state index contributed by atoms with van der Waals surface area (Å²) >= 11 is 0. The molecule has 0 aromatic carbocycles. The summed E-state index contributed by atoms with van der Waals surface area (Å²) in [6.07, 6.45) is 2.81. The minimum atomic E-state index is 0.712. The average Bonchev–Trinajstić information content (AvgIpc) is 1.91. The van der Waals surface area contributed by atoms with Gasteiger partial charge in [0.1, 0.15) is 12.1 Å². The Morgan fingerprint density at radius 3 is 2.50 bits per heavy atom. The van der Waals surface area contributed by atoms with Crippen molar-refractivity contribution in [2.24, 2.45) is 4.99 Å². The van der Waals surface area contributed by atoms with Crippen LogP contribution in [0, 0.1) is 5.41 Å². The third kappa shape index (κ3) is 2.44. The standard InChI is InChI=1S/C7H12N2O/c1-4-7(10-3)6(2)9-5-8/h4-5,8H,1-3H3/b7-4+,8-5?,9-6+. The quantitative estimate of drug-likeness (QED) is 0.361. The van der Waals surface area contributed by atoms with Crippen molar-refractivity contribution in [1.82, 2.24) is 0 Å². The third-order valence-corrected chi connectivity index (χ3v) is 1.10. The van der Waals surface area contributed by atoms with Gasteiger partial charge in [-0.3, -0.25) is 5.41 Å². The Kier molecular flexibility index (Phi) is 4.20. The van der Waals surface area contributed by atoms with Gasteiger partial charge in [0, 0.05) is 0 Å². The Balaban J connectivity index is 4.30. The number of nitrogens with zero attached hydrogens (tertiary/aromatic N) is 1. The summed E-state index contributed by atoms with van der Waals surface area (Å²) in [4.78, 5) is 3.73. The van der Waals surface area contributed by atoms with Crippen molar-refractivity contribution in [3.8, 4) is 0 Å². The van der Waals surface area contributed by atoms with Crippen LogP contribution in [-0.2, 0) is 4.74 Å². The minimum Gasteiger partial charge on any atom is -0.495 e. The fourth-order valence-corrected chi connectivity index (χ4v) is 0.635. The highest BCUT2D eigenvalue weighted by Crippen LogP contribution is 1.97. The van der Waals surface area contributed by atoms with Gasteiger partial charge in [-0.25, -0.2) is 4.99 Å². The number of nitrogens with one attached hydrogen (secondary N) is 1. The summed E-state index contributed by atoms with van der Waals surface area (Å²) in [7, 11) is 1.58. The molecule has 0 heterocycles. The van der Waals surface area contributed by atoms with Gasteiger partial charge in [0.05, 0.1) is 12.8 Å². The van der Waals surface area contributed by atoms with E-state index in [1.165, 1.54) is 0 Å². The van der Waals surface area contributed by atoms with E-state index in [1.54, 1.807) is 14.0 Å². The van der Waals surface area contributed by atoms with E-state index in [2.05, 4.69) is 4.99 Å². The maximum Gasteiger partial charge on any atom is 0.135 e. The Bertz CT molecular complexity index is 170. The van der Waals surface area contributed by atoms with Crippen LogP contribution >= 0.6 is 0 Å². The number of hydrogen-bond donors (Lipinski definition) is 1. The fourth-order valence-electron chi connectivity index (χ4n) is 0.635. The summed E-state index contributed by atoms with van der Waals surface area (Å²) in [6, 6.07) is 0. The van der Waals surface area contributed by atoms with Gasteiger partial charge in [-0.05, 0) is 19.9 Å². The zero-order valence-corrected chi connectivity index (χ0v) is 6.51. The number of allylic oxidation sites excluding steroid dienone is 2. The molecule has 0 amide bonds. The minimum absolute atomic E-state index is 0.712. The van der Waals surface area contributed by atoms with Crippen LogP contribution in [0.25, 0.3) is 0 Å². The van der Waals surface area contributed by atoms with Gasteiger partial charge in [-0.15, -0.1) is 0 Å². The van der Waals surface area contributed by atoms with Crippen LogP contribution in [0.2, 0.25) is 0 Å². The van der Waals surface area contributed by atoms with E-state index in [1.807, 2.05) is 13.0 Å². The highest BCUT2D eigenvalue weighted by Gasteiger charge is 1.96. The molecule has 0 saturated heterocycles. The molecular formula is C7H12N2O. The third-order valence-electron chi connectivity index (χ3n) is 1.10. The van der Waals surface area contributed by atoms with E-state index in [-0.39, 0.29) is 0 Å². The lowest BCUT2D eigenvalue weighted by Gasteiger charge is -2.01. The van der Waals surface area contributed by atoms with Crippen LogP contribution in [0.5, 0.6) is 0 Å². The summed E-state index contributed by atoms with van der Waals surface area (Å²) in [5.41, 5.74) is 0.722. The normalized spacial score (nSPS) is 13.1. The summed E-state index contributed by atoms with van der Waals surface area (Å²) in [5, 5.41) is 6.68. The molecule has 0 spiro atoms. The lowest BCUT2D eigenvalue weighted by atomic mass is 10.3. The predicted octanol–water partition coefficient (Wildman–Crippen LogP) is 1.60. The van der Waals surface area contributed by atoms with Crippen molar-refractivity contribution < 1.29 is 4.74 Å². The van der Waals surface area contributed by atoms with Gasteiger partial charge < -0.3 is 4.74 Å². The SMILES string of the molecule is C/C=C(OC)\C(C)=N\C=N. The first-order valence-electron chi connectivity index (χ1n) is 3.00. The van der Waals surface area contributed by atoms with Crippen molar-refractivity contribution in [2.45, 2.75) is 13.8 Å². The lowest BCUT2D eigenvalue weighted by Crippen LogP contribution is -1.99. The Morgan fingerprint density at radius 2 is 2.20 bits per heavy atom. The molecule has 0 unspecified atom stereocenters. The summed E-state index contributed by atoms with van der Waals surface area (Å²) in [5.74, 6) is 0.712.